The van der Waals surface area contributed by atoms with Crippen LogP contribution in [0.5, 0.6) is 0 Å². The number of carbonyl (C=O) groups is 2. The zero-order chi connectivity index (χ0) is 18.1. The lowest BCUT2D eigenvalue weighted by molar-refractivity contribution is -0.150. The monoisotopic (exact) mass is 355 g/mol. The van der Waals surface area contributed by atoms with Crippen molar-refractivity contribution in [3.8, 4) is 0 Å². The number of carboxylic acids is 1. The molecule has 1 aliphatic heterocycles. The van der Waals surface area contributed by atoms with E-state index in [0.29, 0.717) is 18.5 Å². The lowest BCUT2D eigenvalue weighted by Gasteiger charge is -2.22. The highest BCUT2D eigenvalue weighted by molar-refractivity contribution is 5.96. The van der Waals surface area contributed by atoms with Gasteiger partial charge in [-0.2, -0.15) is 0 Å². The highest BCUT2D eigenvalue weighted by Gasteiger charge is 2.42. The van der Waals surface area contributed by atoms with Crippen LogP contribution in [0.1, 0.15) is 57.2 Å². The van der Waals surface area contributed by atoms with Gasteiger partial charge in [-0.3, -0.25) is 9.59 Å². The van der Waals surface area contributed by atoms with Gasteiger partial charge in [-0.25, -0.2) is 4.98 Å². The number of hydrogen-bond donors (Lipinski definition) is 2. The summed E-state index contributed by atoms with van der Waals surface area (Å²) in [4.78, 5) is 28.8. The second-order valence-corrected chi connectivity index (χ2v) is 7.71. The zero-order valence-electron chi connectivity index (χ0n) is 15.0. The number of fused-ring (bicyclic) bond motifs is 3. The highest BCUT2D eigenvalue weighted by Crippen LogP contribution is 2.41. The Morgan fingerprint density at radius 1 is 1.15 bits per heavy atom. The first kappa shape index (κ1) is 17.1. The number of amides is 1. The highest BCUT2D eigenvalue weighted by atomic mass is 16.4. The fraction of sp³-hybridized carbons (Fsp3) is 0.550. The summed E-state index contributed by atoms with van der Waals surface area (Å²) >= 11 is 0. The molecule has 1 amide bonds. The van der Waals surface area contributed by atoms with Crippen LogP contribution in [0.15, 0.2) is 18.2 Å². The molecule has 6 nitrogen and oxygen atoms in total. The lowest BCUT2D eigenvalue weighted by atomic mass is 9.82. The van der Waals surface area contributed by atoms with Crippen molar-refractivity contribution in [2.75, 3.05) is 5.32 Å². The third-order valence-corrected chi connectivity index (χ3v) is 5.91. The van der Waals surface area contributed by atoms with E-state index in [-0.39, 0.29) is 12.3 Å². The molecule has 0 atom stereocenters. The number of benzene rings is 1. The molecule has 2 aromatic rings. The summed E-state index contributed by atoms with van der Waals surface area (Å²) in [6.45, 7) is 0.999. The van der Waals surface area contributed by atoms with Crippen molar-refractivity contribution in [3.63, 3.8) is 0 Å². The summed E-state index contributed by atoms with van der Waals surface area (Å²) in [6, 6.07) is 5.80. The maximum atomic E-state index is 12.5. The Morgan fingerprint density at radius 2 is 1.96 bits per heavy atom. The minimum atomic E-state index is -0.889. The first-order valence-corrected chi connectivity index (χ1v) is 9.60. The summed E-state index contributed by atoms with van der Waals surface area (Å²) in [5.41, 5.74) is 1.81. The molecule has 1 aliphatic carbocycles. The fourth-order valence-electron chi connectivity index (χ4n) is 4.46. The van der Waals surface area contributed by atoms with Crippen LogP contribution in [-0.4, -0.2) is 26.5 Å². The number of aromatic nitrogens is 2. The predicted octanol–water partition coefficient (Wildman–Crippen LogP) is 3.74. The van der Waals surface area contributed by atoms with E-state index in [1.807, 2.05) is 18.2 Å². The Hall–Kier alpha value is -2.37. The van der Waals surface area contributed by atoms with Crippen LogP contribution in [0, 0.1) is 5.41 Å². The number of anilines is 1. The van der Waals surface area contributed by atoms with Gasteiger partial charge in [-0.15, -0.1) is 0 Å². The van der Waals surface area contributed by atoms with Crippen LogP contribution in [-0.2, 0) is 22.6 Å². The Kier molecular flexibility index (Phi) is 4.42. The maximum Gasteiger partial charge on any atom is 0.310 e. The number of imidazole rings is 1. The normalized spacial score (nSPS) is 19.1. The molecule has 1 aromatic heterocycles. The second-order valence-electron chi connectivity index (χ2n) is 7.71. The van der Waals surface area contributed by atoms with E-state index < -0.39 is 11.4 Å². The Morgan fingerprint density at radius 3 is 2.73 bits per heavy atom. The number of aliphatic carboxylic acids is 1. The van der Waals surface area contributed by atoms with Gasteiger partial charge in [-0.05, 0) is 43.9 Å². The molecule has 0 saturated heterocycles. The van der Waals surface area contributed by atoms with Gasteiger partial charge in [0.15, 0.2) is 0 Å². The average Bonchev–Trinajstić information content (AvgIpc) is 3.13. The SMILES string of the molecule is O=C(CC1(C(=O)O)CCCC1)Nc1ccc2c(c1)nc1n2CCCCC1. The maximum absolute atomic E-state index is 12.5. The van der Waals surface area contributed by atoms with Gasteiger partial charge >= 0.3 is 5.97 Å². The van der Waals surface area contributed by atoms with E-state index in [1.54, 1.807) is 0 Å². The largest absolute Gasteiger partial charge is 0.481 e. The van der Waals surface area contributed by atoms with E-state index in [1.165, 1.54) is 19.3 Å². The lowest BCUT2D eigenvalue weighted by Crippen LogP contribution is -2.32. The van der Waals surface area contributed by atoms with Gasteiger partial charge in [0.2, 0.25) is 5.91 Å². The second kappa shape index (κ2) is 6.74. The molecule has 1 saturated carbocycles. The van der Waals surface area contributed by atoms with Crippen molar-refractivity contribution in [3.05, 3.63) is 24.0 Å². The summed E-state index contributed by atoms with van der Waals surface area (Å²) in [7, 11) is 0. The molecule has 0 bridgehead atoms. The van der Waals surface area contributed by atoms with Crippen molar-refractivity contribution in [2.45, 2.75) is 64.3 Å². The molecule has 2 N–H and O–H groups in total. The van der Waals surface area contributed by atoms with Gasteiger partial charge in [0, 0.05) is 25.1 Å². The fourth-order valence-corrected chi connectivity index (χ4v) is 4.46. The van der Waals surface area contributed by atoms with Gasteiger partial charge in [-0.1, -0.05) is 19.3 Å². The van der Waals surface area contributed by atoms with Gasteiger partial charge in [0.25, 0.3) is 0 Å². The molecule has 0 unspecified atom stereocenters. The van der Waals surface area contributed by atoms with Crippen LogP contribution in [0.2, 0.25) is 0 Å². The predicted molar refractivity (Wildman–Crippen MR) is 99.1 cm³/mol. The molecule has 2 heterocycles. The smallest absolute Gasteiger partial charge is 0.310 e. The van der Waals surface area contributed by atoms with Crippen LogP contribution in [0.4, 0.5) is 5.69 Å². The minimum Gasteiger partial charge on any atom is -0.481 e. The van der Waals surface area contributed by atoms with Crippen LogP contribution in [0.25, 0.3) is 11.0 Å². The van der Waals surface area contributed by atoms with Crippen molar-refractivity contribution < 1.29 is 14.7 Å². The summed E-state index contributed by atoms with van der Waals surface area (Å²) in [5.74, 6) is 0.0460. The Bertz CT molecular complexity index is 849. The van der Waals surface area contributed by atoms with E-state index in [2.05, 4.69) is 9.88 Å². The van der Waals surface area contributed by atoms with Crippen molar-refractivity contribution >= 4 is 28.6 Å². The van der Waals surface area contributed by atoms with E-state index in [9.17, 15) is 14.7 Å². The summed E-state index contributed by atoms with van der Waals surface area (Å²) in [6.07, 6.45) is 7.56. The molecule has 1 aromatic carbocycles. The molecule has 1 fully saturated rings. The van der Waals surface area contributed by atoms with E-state index in [0.717, 1.165) is 42.7 Å². The molecular formula is C20H25N3O3. The summed E-state index contributed by atoms with van der Waals surface area (Å²) < 4.78 is 2.28. The quantitative estimate of drug-likeness (QED) is 0.875. The van der Waals surface area contributed by atoms with Crippen LogP contribution >= 0.6 is 0 Å². The van der Waals surface area contributed by atoms with Crippen LogP contribution < -0.4 is 5.32 Å². The molecular weight excluding hydrogens is 330 g/mol. The van der Waals surface area contributed by atoms with Crippen molar-refractivity contribution in [1.82, 2.24) is 9.55 Å². The third-order valence-electron chi connectivity index (χ3n) is 5.91. The van der Waals surface area contributed by atoms with Crippen molar-refractivity contribution in [2.24, 2.45) is 5.41 Å². The Balaban J connectivity index is 1.52. The molecule has 4 rings (SSSR count). The minimum absolute atomic E-state index is 0.0417. The number of carboxylic acid groups (broad SMARTS) is 1. The Labute approximate surface area is 152 Å². The zero-order valence-corrected chi connectivity index (χ0v) is 15.0. The molecule has 26 heavy (non-hydrogen) atoms. The number of nitrogens with zero attached hydrogens (tertiary/aromatic N) is 2. The third kappa shape index (κ3) is 3.08. The summed E-state index contributed by atoms with van der Waals surface area (Å²) in [5, 5.41) is 12.4. The number of aryl methyl sites for hydroxylation is 2. The van der Waals surface area contributed by atoms with E-state index >= 15 is 0 Å². The van der Waals surface area contributed by atoms with E-state index in [4.69, 9.17) is 4.98 Å². The number of rotatable bonds is 4. The average molecular weight is 355 g/mol. The number of hydrogen-bond acceptors (Lipinski definition) is 3. The molecule has 0 radical (unpaired) electrons. The number of nitrogens with one attached hydrogen (secondary N) is 1. The van der Waals surface area contributed by atoms with Crippen LogP contribution in [0.3, 0.4) is 0 Å². The number of carbonyl (C=O) groups excluding carboxylic acids is 1. The standard InChI is InChI=1S/C20H25N3O3/c24-18(13-20(19(25)26)9-3-4-10-20)21-14-7-8-16-15(12-14)22-17-6-2-1-5-11-23(16)17/h7-8,12H,1-6,9-11,13H2,(H,21,24)(H,25,26). The van der Waals surface area contributed by atoms with Gasteiger partial charge in [0.05, 0.1) is 16.4 Å². The molecule has 138 valence electrons. The molecule has 0 spiro atoms. The first-order valence-electron chi connectivity index (χ1n) is 9.60. The molecule has 2 aliphatic rings. The van der Waals surface area contributed by atoms with Crippen molar-refractivity contribution in [1.29, 1.82) is 0 Å². The molecule has 6 heteroatoms. The first-order chi connectivity index (χ1) is 12.6. The topological polar surface area (TPSA) is 84.2 Å². The van der Waals surface area contributed by atoms with Gasteiger partial charge in [0.1, 0.15) is 5.82 Å². The van der Waals surface area contributed by atoms with Gasteiger partial charge < -0.3 is 15.0 Å².